The Bertz CT molecular complexity index is 1120. The van der Waals surface area contributed by atoms with Gasteiger partial charge in [-0.15, -0.1) is 0 Å². The summed E-state index contributed by atoms with van der Waals surface area (Å²) in [6.45, 7) is 3.60. The average Bonchev–Trinajstić information content (AvgIpc) is 2.85. The molecule has 0 radical (unpaired) electrons. The van der Waals surface area contributed by atoms with Crippen LogP contribution >= 0.6 is 0 Å². The lowest BCUT2D eigenvalue weighted by atomic mass is 10.00. The van der Waals surface area contributed by atoms with Crippen molar-refractivity contribution in [2.24, 2.45) is 0 Å². The van der Waals surface area contributed by atoms with Crippen LogP contribution in [0.4, 0.5) is 5.69 Å². The van der Waals surface area contributed by atoms with Crippen LogP contribution in [-0.2, 0) is 6.54 Å². The van der Waals surface area contributed by atoms with Gasteiger partial charge in [0.05, 0.1) is 37.2 Å². The fourth-order valence-corrected chi connectivity index (χ4v) is 4.33. The number of carbonyl (C=O) groups excluding carboxylic acids is 1. The second-order valence-electron chi connectivity index (χ2n) is 8.18. The zero-order chi connectivity index (χ0) is 23.2. The minimum absolute atomic E-state index is 0.105. The summed E-state index contributed by atoms with van der Waals surface area (Å²) >= 11 is 0. The van der Waals surface area contributed by atoms with Crippen LogP contribution in [0.5, 0.6) is 11.5 Å². The van der Waals surface area contributed by atoms with Gasteiger partial charge in [0.25, 0.3) is 5.91 Å². The first-order valence-electron chi connectivity index (χ1n) is 11.2. The number of amides is 1. The number of benzene rings is 2. The predicted molar refractivity (Wildman–Crippen MR) is 128 cm³/mol. The van der Waals surface area contributed by atoms with Crippen LogP contribution in [0.15, 0.2) is 54.7 Å². The van der Waals surface area contributed by atoms with Crippen molar-refractivity contribution in [2.75, 3.05) is 26.1 Å². The summed E-state index contributed by atoms with van der Waals surface area (Å²) in [5, 5.41) is 2.90. The summed E-state index contributed by atoms with van der Waals surface area (Å²) in [7, 11) is 3.28. The normalized spacial score (nSPS) is 16.3. The Morgan fingerprint density at radius 1 is 1.06 bits per heavy atom. The van der Waals surface area contributed by atoms with Gasteiger partial charge in [-0.3, -0.25) is 9.69 Å². The van der Waals surface area contributed by atoms with Gasteiger partial charge < -0.3 is 14.8 Å². The second kappa shape index (κ2) is 10.4. The van der Waals surface area contributed by atoms with Gasteiger partial charge >= 0.3 is 0 Å². The Balaban J connectivity index is 1.53. The highest BCUT2D eigenvalue weighted by Crippen LogP contribution is 2.32. The van der Waals surface area contributed by atoms with Crippen LogP contribution in [0, 0.1) is 6.92 Å². The zero-order valence-corrected chi connectivity index (χ0v) is 19.4. The van der Waals surface area contributed by atoms with Crippen LogP contribution < -0.4 is 14.8 Å². The first-order valence-corrected chi connectivity index (χ1v) is 11.2. The number of para-hydroxylation sites is 3. The van der Waals surface area contributed by atoms with E-state index in [2.05, 4.69) is 21.3 Å². The maximum Gasteiger partial charge on any atom is 0.259 e. The van der Waals surface area contributed by atoms with Gasteiger partial charge in [-0.2, -0.15) is 0 Å². The highest BCUT2D eigenvalue weighted by atomic mass is 16.5. The van der Waals surface area contributed by atoms with Crippen molar-refractivity contribution >= 4 is 11.6 Å². The molecule has 1 fully saturated rings. The van der Waals surface area contributed by atoms with Crippen molar-refractivity contribution in [2.45, 2.75) is 38.8 Å². The lowest BCUT2D eigenvalue weighted by Crippen LogP contribution is -2.34. The minimum atomic E-state index is -0.252. The summed E-state index contributed by atoms with van der Waals surface area (Å²) < 4.78 is 10.9. The molecule has 1 amide bonds. The third-order valence-corrected chi connectivity index (χ3v) is 6.08. The number of methoxy groups -OCH3 is 2. The Hall–Kier alpha value is -3.45. The highest BCUT2D eigenvalue weighted by molar-refractivity contribution is 6.05. The Kier molecular flexibility index (Phi) is 7.19. The van der Waals surface area contributed by atoms with Crippen molar-refractivity contribution in [3.63, 3.8) is 0 Å². The quantitative estimate of drug-likeness (QED) is 0.563. The van der Waals surface area contributed by atoms with Gasteiger partial charge in [0.2, 0.25) is 0 Å². The van der Waals surface area contributed by atoms with Crippen LogP contribution in [0.25, 0.3) is 0 Å². The molecule has 4 rings (SSSR count). The molecular formula is C26H30N4O3. The number of ether oxygens (including phenoxy) is 2. The van der Waals surface area contributed by atoms with E-state index < -0.39 is 0 Å². The van der Waals surface area contributed by atoms with Crippen LogP contribution in [0.2, 0.25) is 0 Å². The third-order valence-electron chi connectivity index (χ3n) is 6.08. The molecule has 2 heterocycles. The number of hydrogen-bond donors (Lipinski definition) is 1. The molecule has 33 heavy (non-hydrogen) atoms. The van der Waals surface area contributed by atoms with Gasteiger partial charge in [0.15, 0.2) is 0 Å². The number of rotatable bonds is 7. The molecule has 1 aromatic heterocycles. The molecule has 0 aliphatic carbocycles. The number of likely N-dealkylation sites (tertiary alicyclic amines) is 1. The van der Waals surface area contributed by atoms with Crippen molar-refractivity contribution in [1.82, 2.24) is 14.9 Å². The molecular weight excluding hydrogens is 416 g/mol. The number of anilines is 1. The van der Waals surface area contributed by atoms with Gasteiger partial charge in [-0.05, 0) is 44.5 Å². The lowest BCUT2D eigenvalue weighted by Gasteiger charge is -2.35. The molecule has 1 saturated heterocycles. The summed E-state index contributed by atoms with van der Waals surface area (Å²) in [6, 6.07) is 15.5. The second-order valence-corrected chi connectivity index (χ2v) is 8.18. The number of nitrogens with zero attached hydrogens (tertiary/aromatic N) is 3. The van der Waals surface area contributed by atoms with E-state index in [1.165, 1.54) is 0 Å². The first kappa shape index (κ1) is 22.7. The topological polar surface area (TPSA) is 76.6 Å². The number of piperidine rings is 1. The van der Waals surface area contributed by atoms with Crippen molar-refractivity contribution < 1.29 is 14.3 Å². The molecule has 3 aromatic rings. The van der Waals surface area contributed by atoms with Gasteiger partial charge in [0, 0.05) is 18.3 Å². The van der Waals surface area contributed by atoms with Crippen molar-refractivity contribution in [1.29, 1.82) is 0 Å². The van der Waals surface area contributed by atoms with E-state index in [0.29, 0.717) is 22.7 Å². The molecule has 172 valence electrons. The van der Waals surface area contributed by atoms with Crippen LogP contribution in [0.1, 0.15) is 52.7 Å². The molecule has 7 heteroatoms. The molecule has 1 unspecified atom stereocenters. The molecule has 1 aliphatic rings. The third kappa shape index (κ3) is 5.14. The van der Waals surface area contributed by atoms with Gasteiger partial charge in [-0.25, -0.2) is 9.97 Å². The maximum atomic E-state index is 12.9. The standard InChI is InChI=1S/C26H30N4O3/c1-18-20(26(31)29-21-11-5-7-14-24(21)33-3)16-27-25(28-18)22-12-8-9-15-30(22)17-19-10-4-6-13-23(19)32-2/h4-7,10-11,13-14,16,22H,8-9,12,15,17H2,1-3H3,(H,29,31). The fourth-order valence-electron chi connectivity index (χ4n) is 4.33. The minimum Gasteiger partial charge on any atom is -0.496 e. The van der Waals surface area contributed by atoms with Crippen molar-refractivity contribution in [3.8, 4) is 11.5 Å². The zero-order valence-electron chi connectivity index (χ0n) is 19.4. The highest BCUT2D eigenvalue weighted by Gasteiger charge is 2.28. The smallest absolute Gasteiger partial charge is 0.259 e. The predicted octanol–water partition coefficient (Wildman–Crippen LogP) is 4.78. The van der Waals surface area contributed by atoms with Gasteiger partial charge in [-0.1, -0.05) is 36.8 Å². The maximum absolute atomic E-state index is 12.9. The van der Waals surface area contributed by atoms with E-state index in [-0.39, 0.29) is 11.9 Å². The van der Waals surface area contributed by atoms with E-state index >= 15 is 0 Å². The number of aromatic nitrogens is 2. The summed E-state index contributed by atoms with van der Waals surface area (Å²) in [6.07, 6.45) is 4.90. The van der Waals surface area contributed by atoms with Crippen LogP contribution in [0.3, 0.4) is 0 Å². The molecule has 7 nitrogen and oxygen atoms in total. The molecule has 0 bridgehead atoms. The van der Waals surface area contributed by atoms with Crippen LogP contribution in [-0.4, -0.2) is 41.5 Å². The SMILES string of the molecule is COc1ccccc1CN1CCCCC1c1ncc(C(=O)Nc2ccccc2OC)c(C)n1. The molecule has 0 spiro atoms. The van der Waals surface area contributed by atoms with E-state index in [1.54, 1.807) is 26.5 Å². The Labute approximate surface area is 194 Å². The molecule has 2 aromatic carbocycles. The fraction of sp³-hybridized carbons (Fsp3) is 0.346. The number of nitrogens with one attached hydrogen (secondary N) is 1. The Morgan fingerprint density at radius 3 is 2.55 bits per heavy atom. The average molecular weight is 447 g/mol. The van der Waals surface area contributed by atoms with E-state index in [1.807, 2.05) is 43.3 Å². The summed E-state index contributed by atoms with van der Waals surface area (Å²) in [5.74, 6) is 2.01. The van der Waals surface area contributed by atoms with E-state index in [4.69, 9.17) is 14.5 Å². The summed E-state index contributed by atoms with van der Waals surface area (Å²) in [5.41, 5.74) is 2.88. The van der Waals surface area contributed by atoms with E-state index in [9.17, 15) is 4.79 Å². The van der Waals surface area contributed by atoms with Gasteiger partial charge in [0.1, 0.15) is 17.3 Å². The van der Waals surface area contributed by atoms with Crippen molar-refractivity contribution in [3.05, 3.63) is 77.4 Å². The van der Waals surface area contributed by atoms with E-state index in [0.717, 1.165) is 49.5 Å². The lowest BCUT2D eigenvalue weighted by molar-refractivity contribution is 0.102. The molecule has 1 aliphatic heterocycles. The number of hydrogen-bond acceptors (Lipinski definition) is 6. The largest absolute Gasteiger partial charge is 0.496 e. The first-order chi connectivity index (χ1) is 16.1. The molecule has 1 atom stereocenters. The summed E-state index contributed by atoms with van der Waals surface area (Å²) in [4.78, 5) is 24.7. The monoisotopic (exact) mass is 446 g/mol. The number of carbonyl (C=O) groups is 1. The molecule has 1 N–H and O–H groups in total. The molecule has 0 saturated carbocycles. The Morgan fingerprint density at radius 2 is 1.79 bits per heavy atom. The number of aryl methyl sites for hydroxylation is 1.